The van der Waals surface area contributed by atoms with Crippen LogP contribution >= 0.6 is 24.0 Å². The quantitative estimate of drug-likeness (QED) is 0.687. The Bertz CT molecular complexity index is 271. The van der Waals surface area contributed by atoms with E-state index in [1.807, 2.05) is 0 Å². The maximum absolute atomic E-state index is 10.8. The van der Waals surface area contributed by atoms with Gasteiger partial charge in [0.05, 0.1) is 5.69 Å². The zero-order valence-corrected chi connectivity index (χ0v) is 7.65. The Kier molecular flexibility index (Phi) is 2.51. The monoisotopic (exact) mass is 188 g/mol. The Morgan fingerprint density at radius 3 is 2.91 bits per heavy atom. The zero-order chi connectivity index (χ0) is 8.43. The minimum Gasteiger partial charge on any atom is -0.375 e. The molecule has 0 fully saturated rings. The first kappa shape index (κ1) is 8.55. The second-order valence-corrected chi connectivity index (χ2v) is 3.53. The third-order valence-electron chi connectivity index (χ3n) is 1.20. The molecule has 0 aliphatic heterocycles. The summed E-state index contributed by atoms with van der Waals surface area (Å²) in [7, 11) is 0. The van der Waals surface area contributed by atoms with E-state index in [4.69, 9.17) is 5.73 Å². The normalized spacial score (nSPS) is 12.9. The lowest BCUT2D eigenvalue weighted by atomic mass is 10.2. The van der Waals surface area contributed by atoms with E-state index < -0.39 is 5.25 Å². The van der Waals surface area contributed by atoms with E-state index in [0.29, 0.717) is 10.8 Å². The number of nitrogen functional groups attached to an aromatic ring is 1. The lowest BCUT2D eigenvalue weighted by Gasteiger charge is -1.99. The highest BCUT2D eigenvalue weighted by molar-refractivity contribution is 7.81. The van der Waals surface area contributed by atoms with Crippen molar-refractivity contribution in [3.05, 3.63) is 11.1 Å². The third kappa shape index (κ3) is 1.94. The fraction of sp³-hybridized carbons (Fsp3) is 0.333. The highest BCUT2D eigenvalue weighted by Crippen LogP contribution is 2.23. The molecular weight excluding hydrogens is 180 g/mol. The summed E-state index contributed by atoms with van der Waals surface area (Å²) in [6.07, 6.45) is 0. The van der Waals surface area contributed by atoms with Crippen LogP contribution in [0.5, 0.6) is 0 Å². The van der Waals surface area contributed by atoms with Gasteiger partial charge in [0.25, 0.3) is 0 Å². The molecule has 1 aromatic heterocycles. The topological polar surface area (TPSA) is 56.0 Å². The summed E-state index contributed by atoms with van der Waals surface area (Å²) >= 11 is 5.38. The van der Waals surface area contributed by atoms with E-state index in [1.54, 1.807) is 5.38 Å². The van der Waals surface area contributed by atoms with Gasteiger partial charge < -0.3 is 5.73 Å². The van der Waals surface area contributed by atoms with Crippen molar-refractivity contribution in [2.75, 3.05) is 5.73 Å². The summed E-state index contributed by atoms with van der Waals surface area (Å²) in [5.41, 5.74) is 6.02. The summed E-state index contributed by atoms with van der Waals surface area (Å²) in [4.78, 5) is 14.7. The highest BCUT2D eigenvalue weighted by atomic mass is 32.1. The molecule has 0 aliphatic carbocycles. The predicted molar refractivity (Wildman–Crippen MR) is 48.9 cm³/mol. The smallest absolute Gasteiger partial charge is 0.180 e. The van der Waals surface area contributed by atoms with Crippen molar-refractivity contribution >= 4 is 34.9 Å². The highest BCUT2D eigenvalue weighted by Gasteiger charge is 2.13. The molecular formula is C6H8N2OS2. The van der Waals surface area contributed by atoms with Crippen molar-refractivity contribution in [2.24, 2.45) is 0 Å². The van der Waals surface area contributed by atoms with Crippen LogP contribution in [0, 0.1) is 0 Å². The Morgan fingerprint density at radius 1 is 1.91 bits per heavy atom. The molecule has 1 atom stereocenters. The Balaban J connectivity index is 2.84. The van der Waals surface area contributed by atoms with Crippen molar-refractivity contribution in [2.45, 2.75) is 12.2 Å². The van der Waals surface area contributed by atoms with Crippen molar-refractivity contribution < 1.29 is 4.79 Å². The fourth-order valence-electron chi connectivity index (χ4n) is 0.635. The molecule has 3 nitrogen and oxygen atoms in total. The molecule has 11 heavy (non-hydrogen) atoms. The molecule has 1 heterocycles. The molecule has 0 spiro atoms. The molecule has 0 saturated carbocycles. The lowest BCUT2D eigenvalue weighted by molar-refractivity contribution is -0.116. The average Bonchev–Trinajstić information content (AvgIpc) is 2.34. The molecule has 1 rings (SSSR count). The third-order valence-corrected chi connectivity index (χ3v) is 2.53. The number of anilines is 1. The van der Waals surface area contributed by atoms with Gasteiger partial charge in [-0.3, -0.25) is 4.79 Å². The van der Waals surface area contributed by atoms with E-state index in [2.05, 4.69) is 17.6 Å². The average molecular weight is 188 g/mol. The number of ketones is 1. The number of rotatable bonds is 2. The molecule has 0 radical (unpaired) electrons. The van der Waals surface area contributed by atoms with Gasteiger partial charge in [-0.2, -0.15) is 12.6 Å². The standard InChI is InChI=1S/C6H8N2OS2/c1-3(9)5(10)4-2-11-6(7)8-4/h2,5,10H,1H3,(H2,7,8). The summed E-state index contributed by atoms with van der Waals surface area (Å²) in [5, 5.41) is 1.79. The van der Waals surface area contributed by atoms with E-state index in [-0.39, 0.29) is 5.78 Å². The van der Waals surface area contributed by atoms with Gasteiger partial charge in [-0.15, -0.1) is 11.3 Å². The predicted octanol–water partition coefficient (Wildman–Crippen LogP) is 1.29. The lowest BCUT2D eigenvalue weighted by Crippen LogP contribution is -2.01. The molecule has 0 aliphatic rings. The minimum absolute atomic E-state index is 0.0152. The number of Topliss-reactive ketones (excluding diaryl/α,β-unsaturated/α-hetero) is 1. The summed E-state index contributed by atoms with van der Waals surface area (Å²) in [6.45, 7) is 1.48. The van der Waals surface area contributed by atoms with Crippen LogP contribution in [0.15, 0.2) is 5.38 Å². The number of hydrogen-bond acceptors (Lipinski definition) is 5. The van der Waals surface area contributed by atoms with Gasteiger partial charge in [-0.25, -0.2) is 4.98 Å². The number of thiazole rings is 1. The van der Waals surface area contributed by atoms with Crippen molar-refractivity contribution in [1.29, 1.82) is 0 Å². The van der Waals surface area contributed by atoms with Crippen LogP contribution in [0.1, 0.15) is 17.9 Å². The molecule has 0 saturated heterocycles. The first-order valence-corrected chi connectivity index (χ1v) is 4.40. The number of nitrogens with two attached hydrogens (primary N) is 1. The summed E-state index contributed by atoms with van der Waals surface area (Å²) in [5.74, 6) is -0.0152. The number of thiol groups is 1. The molecule has 2 N–H and O–H groups in total. The molecule has 1 unspecified atom stereocenters. The maximum Gasteiger partial charge on any atom is 0.180 e. The van der Waals surface area contributed by atoms with Gasteiger partial charge in [0.2, 0.25) is 0 Å². The van der Waals surface area contributed by atoms with Gasteiger partial charge >= 0.3 is 0 Å². The molecule has 60 valence electrons. The Morgan fingerprint density at radius 2 is 2.55 bits per heavy atom. The van der Waals surface area contributed by atoms with Gasteiger partial charge in [0.1, 0.15) is 11.0 Å². The van der Waals surface area contributed by atoms with E-state index in [0.717, 1.165) is 0 Å². The minimum atomic E-state index is -0.427. The summed E-state index contributed by atoms with van der Waals surface area (Å²) in [6, 6.07) is 0. The van der Waals surface area contributed by atoms with Gasteiger partial charge in [0, 0.05) is 5.38 Å². The van der Waals surface area contributed by atoms with Gasteiger partial charge in [-0.1, -0.05) is 0 Å². The number of nitrogens with zero attached hydrogens (tertiary/aromatic N) is 1. The van der Waals surface area contributed by atoms with E-state index in [1.165, 1.54) is 18.3 Å². The second-order valence-electron chi connectivity index (χ2n) is 2.12. The van der Waals surface area contributed by atoms with Gasteiger partial charge in [0.15, 0.2) is 5.13 Å². The van der Waals surface area contributed by atoms with Crippen molar-refractivity contribution in [3.63, 3.8) is 0 Å². The zero-order valence-electron chi connectivity index (χ0n) is 5.94. The van der Waals surface area contributed by atoms with Crippen LogP contribution in [-0.2, 0) is 4.79 Å². The van der Waals surface area contributed by atoms with Crippen molar-refractivity contribution in [3.8, 4) is 0 Å². The van der Waals surface area contributed by atoms with E-state index >= 15 is 0 Å². The largest absolute Gasteiger partial charge is 0.375 e. The van der Waals surface area contributed by atoms with Crippen LogP contribution in [0.2, 0.25) is 0 Å². The molecule has 1 aromatic rings. The Labute approximate surface area is 74.0 Å². The van der Waals surface area contributed by atoms with Crippen LogP contribution in [-0.4, -0.2) is 10.8 Å². The molecule has 0 amide bonds. The van der Waals surface area contributed by atoms with Crippen LogP contribution in [0.4, 0.5) is 5.13 Å². The first-order valence-electron chi connectivity index (χ1n) is 3.00. The number of aromatic nitrogens is 1. The summed E-state index contributed by atoms with van der Waals surface area (Å²) < 4.78 is 0. The molecule has 0 aromatic carbocycles. The first-order chi connectivity index (χ1) is 5.11. The molecule has 0 bridgehead atoms. The fourth-order valence-corrected chi connectivity index (χ4v) is 1.46. The molecule has 5 heteroatoms. The number of carbonyl (C=O) groups is 1. The van der Waals surface area contributed by atoms with Crippen LogP contribution in [0.3, 0.4) is 0 Å². The van der Waals surface area contributed by atoms with Crippen LogP contribution < -0.4 is 5.73 Å². The SMILES string of the molecule is CC(=O)C(S)c1csc(N)n1. The Hall–Kier alpha value is -0.550. The number of hydrogen-bond donors (Lipinski definition) is 2. The van der Waals surface area contributed by atoms with Crippen LogP contribution in [0.25, 0.3) is 0 Å². The van der Waals surface area contributed by atoms with E-state index in [9.17, 15) is 4.79 Å². The van der Waals surface area contributed by atoms with Crippen molar-refractivity contribution in [1.82, 2.24) is 4.98 Å². The number of carbonyl (C=O) groups excluding carboxylic acids is 1. The van der Waals surface area contributed by atoms with Gasteiger partial charge in [-0.05, 0) is 6.92 Å². The second kappa shape index (κ2) is 3.23. The maximum atomic E-state index is 10.8.